The maximum atomic E-state index is 6.08. The summed E-state index contributed by atoms with van der Waals surface area (Å²) in [7, 11) is 2.04. The average Bonchev–Trinajstić information content (AvgIpc) is 2.46. The molecule has 2 unspecified atom stereocenters. The normalized spacial score (nSPS) is 21.5. The van der Waals surface area contributed by atoms with Gasteiger partial charge in [-0.2, -0.15) is 0 Å². The van der Waals surface area contributed by atoms with E-state index in [0.717, 1.165) is 19.7 Å². The monoisotopic (exact) mass is 290 g/mol. The van der Waals surface area contributed by atoms with Crippen molar-refractivity contribution in [2.75, 3.05) is 33.3 Å². The lowest BCUT2D eigenvalue weighted by Crippen LogP contribution is -2.48. The third-order valence-corrected chi connectivity index (χ3v) is 4.62. The number of morpholine rings is 1. The van der Waals surface area contributed by atoms with Crippen LogP contribution in [0, 0.1) is 20.8 Å². The molecule has 1 N–H and O–H groups in total. The SMILES string of the molecule is CCCN1CCOC(C(NC)c2cc(C)c(C)cc2C)C1. The summed E-state index contributed by atoms with van der Waals surface area (Å²) in [5.74, 6) is 0. The molecule has 3 heteroatoms. The average molecular weight is 290 g/mol. The van der Waals surface area contributed by atoms with Gasteiger partial charge >= 0.3 is 0 Å². The van der Waals surface area contributed by atoms with Crippen molar-refractivity contribution in [2.45, 2.75) is 46.3 Å². The Morgan fingerprint density at radius 1 is 1.24 bits per heavy atom. The highest BCUT2D eigenvalue weighted by Crippen LogP contribution is 2.27. The van der Waals surface area contributed by atoms with E-state index >= 15 is 0 Å². The van der Waals surface area contributed by atoms with Crippen LogP contribution >= 0.6 is 0 Å². The molecule has 0 spiro atoms. The number of benzene rings is 1. The van der Waals surface area contributed by atoms with Crippen LogP contribution < -0.4 is 5.32 Å². The topological polar surface area (TPSA) is 24.5 Å². The van der Waals surface area contributed by atoms with Gasteiger partial charge in [-0.1, -0.05) is 19.1 Å². The molecule has 1 aliphatic rings. The Bertz CT molecular complexity index is 471. The number of aryl methyl sites for hydroxylation is 3. The van der Waals surface area contributed by atoms with E-state index in [9.17, 15) is 0 Å². The smallest absolute Gasteiger partial charge is 0.0896 e. The summed E-state index contributed by atoms with van der Waals surface area (Å²) >= 11 is 0. The summed E-state index contributed by atoms with van der Waals surface area (Å²) in [6.07, 6.45) is 1.44. The number of hydrogen-bond donors (Lipinski definition) is 1. The van der Waals surface area contributed by atoms with Gasteiger partial charge in [-0.3, -0.25) is 4.90 Å². The van der Waals surface area contributed by atoms with Crippen LogP contribution in [0.15, 0.2) is 12.1 Å². The van der Waals surface area contributed by atoms with E-state index < -0.39 is 0 Å². The molecule has 0 amide bonds. The highest BCUT2D eigenvalue weighted by atomic mass is 16.5. The number of ether oxygens (including phenoxy) is 1. The van der Waals surface area contributed by atoms with Crippen LogP contribution in [0.2, 0.25) is 0 Å². The third-order valence-electron chi connectivity index (χ3n) is 4.62. The molecular weight excluding hydrogens is 260 g/mol. The Kier molecular flexibility index (Phi) is 5.80. The fourth-order valence-corrected chi connectivity index (χ4v) is 3.31. The van der Waals surface area contributed by atoms with Crippen LogP contribution in [0.25, 0.3) is 0 Å². The highest BCUT2D eigenvalue weighted by molar-refractivity contribution is 5.38. The van der Waals surface area contributed by atoms with Gasteiger partial charge in [-0.15, -0.1) is 0 Å². The predicted octanol–water partition coefficient (Wildman–Crippen LogP) is 2.98. The molecule has 21 heavy (non-hydrogen) atoms. The molecule has 0 aromatic heterocycles. The fourth-order valence-electron chi connectivity index (χ4n) is 3.31. The molecule has 0 bridgehead atoms. The number of nitrogens with zero attached hydrogens (tertiary/aromatic N) is 1. The van der Waals surface area contributed by atoms with Gasteiger partial charge in [0.25, 0.3) is 0 Å². The maximum Gasteiger partial charge on any atom is 0.0896 e. The molecule has 1 aliphatic heterocycles. The zero-order valence-electron chi connectivity index (χ0n) is 14.2. The van der Waals surface area contributed by atoms with Crippen LogP contribution in [0.4, 0.5) is 0 Å². The quantitative estimate of drug-likeness (QED) is 0.902. The molecule has 118 valence electrons. The first-order chi connectivity index (χ1) is 10.1. The number of hydrogen-bond acceptors (Lipinski definition) is 3. The summed E-state index contributed by atoms with van der Waals surface area (Å²) in [5, 5.41) is 3.49. The van der Waals surface area contributed by atoms with Gasteiger partial charge in [0.2, 0.25) is 0 Å². The Morgan fingerprint density at radius 2 is 1.95 bits per heavy atom. The first-order valence-corrected chi connectivity index (χ1v) is 8.15. The number of nitrogens with one attached hydrogen (secondary N) is 1. The zero-order valence-corrected chi connectivity index (χ0v) is 14.2. The van der Waals surface area contributed by atoms with Gasteiger partial charge in [-0.25, -0.2) is 0 Å². The van der Waals surface area contributed by atoms with Crippen molar-refractivity contribution in [1.82, 2.24) is 10.2 Å². The fraction of sp³-hybridized carbons (Fsp3) is 0.667. The first-order valence-electron chi connectivity index (χ1n) is 8.15. The molecule has 1 saturated heterocycles. The van der Waals surface area contributed by atoms with Crippen molar-refractivity contribution in [2.24, 2.45) is 0 Å². The Balaban J connectivity index is 2.21. The molecular formula is C18H30N2O. The second-order valence-electron chi connectivity index (χ2n) is 6.27. The maximum absolute atomic E-state index is 6.08. The van der Waals surface area contributed by atoms with Gasteiger partial charge < -0.3 is 10.1 Å². The summed E-state index contributed by atoms with van der Waals surface area (Å²) < 4.78 is 6.08. The van der Waals surface area contributed by atoms with Crippen molar-refractivity contribution in [3.05, 3.63) is 34.4 Å². The van der Waals surface area contributed by atoms with Crippen LogP contribution in [0.3, 0.4) is 0 Å². The summed E-state index contributed by atoms with van der Waals surface area (Å²) in [5.41, 5.74) is 5.46. The molecule has 3 nitrogen and oxygen atoms in total. The lowest BCUT2D eigenvalue weighted by Gasteiger charge is -2.37. The summed E-state index contributed by atoms with van der Waals surface area (Å²) in [4.78, 5) is 2.52. The van der Waals surface area contributed by atoms with Crippen molar-refractivity contribution in [1.29, 1.82) is 0 Å². The van der Waals surface area contributed by atoms with E-state index in [4.69, 9.17) is 4.74 Å². The molecule has 2 atom stereocenters. The lowest BCUT2D eigenvalue weighted by atomic mass is 9.92. The van der Waals surface area contributed by atoms with Crippen molar-refractivity contribution < 1.29 is 4.74 Å². The standard InChI is InChI=1S/C18H30N2O/c1-6-7-20-8-9-21-17(12-20)18(19-5)16-11-14(3)13(2)10-15(16)4/h10-11,17-19H,6-9,12H2,1-5H3. The van der Waals surface area contributed by atoms with Crippen molar-refractivity contribution in [3.63, 3.8) is 0 Å². The minimum Gasteiger partial charge on any atom is -0.374 e. The van der Waals surface area contributed by atoms with E-state index in [2.05, 4.69) is 50.0 Å². The van der Waals surface area contributed by atoms with E-state index in [0.29, 0.717) is 0 Å². The zero-order chi connectivity index (χ0) is 15.4. The van der Waals surface area contributed by atoms with Gasteiger partial charge in [0.1, 0.15) is 0 Å². The predicted molar refractivity (Wildman–Crippen MR) is 88.9 cm³/mol. The molecule has 1 heterocycles. The third kappa shape index (κ3) is 3.85. The second-order valence-corrected chi connectivity index (χ2v) is 6.27. The van der Waals surface area contributed by atoms with Gasteiger partial charge in [0.05, 0.1) is 18.8 Å². The van der Waals surface area contributed by atoms with E-state index in [1.54, 1.807) is 0 Å². The largest absolute Gasteiger partial charge is 0.374 e. The summed E-state index contributed by atoms with van der Waals surface area (Å²) in [6.45, 7) is 12.9. The molecule has 1 aromatic carbocycles. The first kappa shape index (κ1) is 16.5. The van der Waals surface area contributed by atoms with Crippen molar-refractivity contribution in [3.8, 4) is 0 Å². The van der Waals surface area contributed by atoms with E-state index in [1.165, 1.54) is 35.2 Å². The van der Waals surface area contributed by atoms with Crippen molar-refractivity contribution >= 4 is 0 Å². The van der Waals surface area contributed by atoms with Gasteiger partial charge in [-0.05, 0) is 63.0 Å². The second kappa shape index (κ2) is 7.39. The van der Waals surface area contributed by atoms with Gasteiger partial charge in [0, 0.05) is 13.1 Å². The molecule has 2 rings (SSSR count). The molecule has 0 aliphatic carbocycles. The highest BCUT2D eigenvalue weighted by Gasteiger charge is 2.29. The number of rotatable bonds is 5. The van der Waals surface area contributed by atoms with Crippen LogP contribution in [-0.2, 0) is 4.74 Å². The van der Waals surface area contributed by atoms with Gasteiger partial charge in [0.15, 0.2) is 0 Å². The Hall–Kier alpha value is -0.900. The lowest BCUT2D eigenvalue weighted by molar-refractivity contribution is -0.0460. The Labute approximate surface area is 129 Å². The van der Waals surface area contributed by atoms with E-state index in [-0.39, 0.29) is 12.1 Å². The molecule has 1 fully saturated rings. The molecule has 0 radical (unpaired) electrons. The Morgan fingerprint density at radius 3 is 2.62 bits per heavy atom. The minimum atomic E-state index is 0.233. The van der Waals surface area contributed by atoms with Crippen LogP contribution in [0.5, 0.6) is 0 Å². The van der Waals surface area contributed by atoms with Crippen LogP contribution in [0.1, 0.15) is 41.6 Å². The molecule has 1 aromatic rings. The number of likely N-dealkylation sites (N-methyl/N-ethyl adjacent to an activating group) is 1. The minimum absolute atomic E-state index is 0.233. The van der Waals surface area contributed by atoms with E-state index in [1.807, 2.05) is 7.05 Å². The summed E-state index contributed by atoms with van der Waals surface area (Å²) in [6, 6.07) is 4.89. The molecule has 0 saturated carbocycles. The van der Waals surface area contributed by atoms with Crippen LogP contribution in [-0.4, -0.2) is 44.3 Å².